The molecule has 0 bridgehead atoms. The number of nitrogens with zero attached hydrogens (tertiary/aromatic N) is 3. The van der Waals surface area contributed by atoms with Gasteiger partial charge < -0.3 is 15.6 Å². The molecule has 0 radical (unpaired) electrons. The second-order valence-electron chi connectivity index (χ2n) is 5.45. The van der Waals surface area contributed by atoms with E-state index in [0.717, 1.165) is 36.6 Å². The van der Waals surface area contributed by atoms with Gasteiger partial charge in [0, 0.05) is 18.2 Å². The predicted molar refractivity (Wildman–Crippen MR) is 82.6 cm³/mol. The van der Waals surface area contributed by atoms with Gasteiger partial charge in [0.25, 0.3) is 0 Å². The number of hydrogen-bond donors (Lipinski definition) is 3. The van der Waals surface area contributed by atoms with E-state index in [1.807, 2.05) is 0 Å². The summed E-state index contributed by atoms with van der Waals surface area (Å²) in [5.74, 6) is 7.17. The van der Waals surface area contributed by atoms with Crippen LogP contribution in [0.2, 0.25) is 0 Å². The highest BCUT2D eigenvalue weighted by atomic mass is 15.3. The smallest absolute Gasteiger partial charge is 0.148 e. The number of hydrazine groups is 1. The van der Waals surface area contributed by atoms with Crippen molar-refractivity contribution in [2.24, 2.45) is 5.84 Å². The molecule has 0 aliphatic carbocycles. The molecular formula is C14H26N6. The van der Waals surface area contributed by atoms with E-state index in [1.54, 1.807) is 6.33 Å². The van der Waals surface area contributed by atoms with E-state index >= 15 is 0 Å². The Kier molecular flexibility index (Phi) is 5.55. The minimum atomic E-state index is 0.586. The van der Waals surface area contributed by atoms with Gasteiger partial charge in [0.2, 0.25) is 0 Å². The topological polar surface area (TPSA) is 79.1 Å². The van der Waals surface area contributed by atoms with E-state index in [2.05, 4.69) is 39.6 Å². The summed E-state index contributed by atoms with van der Waals surface area (Å²) >= 11 is 0. The normalized spacial score (nSPS) is 19.9. The standard InChI is InChI=1S/C14H26N6/c1-3-6-12-13(17-10-18-14(12)19-15)16-9-11-7-4-5-8-20(11)2/h10-11H,3-9,15H2,1-2H3,(H2,16,17,18,19). The Morgan fingerprint density at radius 1 is 1.35 bits per heavy atom. The number of nitrogen functional groups attached to an aromatic ring is 1. The maximum absolute atomic E-state index is 5.53. The Morgan fingerprint density at radius 2 is 2.15 bits per heavy atom. The molecule has 1 aromatic heterocycles. The van der Waals surface area contributed by atoms with Gasteiger partial charge in [-0.3, -0.25) is 0 Å². The first kappa shape index (κ1) is 15.0. The van der Waals surface area contributed by atoms with Crippen LogP contribution in [0.5, 0.6) is 0 Å². The van der Waals surface area contributed by atoms with E-state index in [-0.39, 0.29) is 0 Å². The first-order valence-electron chi connectivity index (χ1n) is 7.50. The molecule has 0 saturated carbocycles. The van der Waals surface area contributed by atoms with Gasteiger partial charge >= 0.3 is 0 Å². The van der Waals surface area contributed by atoms with Gasteiger partial charge in [-0.1, -0.05) is 19.8 Å². The molecule has 4 N–H and O–H groups in total. The van der Waals surface area contributed by atoms with Gasteiger partial charge in [0.05, 0.1) is 0 Å². The van der Waals surface area contributed by atoms with Gasteiger partial charge in [-0.2, -0.15) is 0 Å². The summed E-state index contributed by atoms with van der Waals surface area (Å²) in [4.78, 5) is 11.0. The van der Waals surface area contributed by atoms with E-state index in [0.29, 0.717) is 6.04 Å². The Hall–Kier alpha value is -1.40. The highest BCUT2D eigenvalue weighted by Crippen LogP contribution is 2.22. The molecule has 1 atom stereocenters. The molecule has 6 nitrogen and oxygen atoms in total. The summed E-state index contributed by atoms with van der Waals surface area (Å²) < 4.78 is 0. The molecule has 1 aromatic rings. The number of aromatic nitrogens is 2. The van der Waals surface area contributed by atoms with E-state index in [9.17, 15) is 0 Å². The second-order valence-corrected chi connectivity index (χ2v) is 5.45. The van der Waals surface area contributed by atoms with Crippen molar-refractivity contribution in [2.75, 3.05) is 30.9 Å². The van der Waals surface area contributed by atoms with Crippen LogP contribution in [0.3, 0.4) is 0 Å². The van der Waals surface area contributed by atoms with Crippen LogP contribution in [0.1, 0.15) is 38.2 Å². The van der Waals surface area contributed by atoms with Crippen molar-refractivity contribution in [1.29, 1.82) is 0 Å². The quantitative estimate of drug-likeness (QED) is 0.542. The van der Waals surface area contributed by atoms with Crippen LogP contribution in [0.25, 0.3) is 0 Å². The number of nitrogens with one attached hydrogen (secondary N) is 2. The van der Waals surface area contributed by atoms with Crippen LogP contribution in [-0.2, 0) is 6.42 Å². The molecule has 2 heterocycles. The van der Waals surface area contributed by atoms with E-state index < -0.39 is 0 Å². The molecule has 0 aromatic carbocycles. The van der Waals surface area contributed by atoms with Crippen LogP contribution >= 0.6 is 0 Å². The summed E-state index contributed by atoms with van der Waals surface area (Å²) in [6, 6.07) is 0.586. The van der Waals surface area contributed by atoms with Gasteiger partial charge in [0.1, 0.15) is 18.0 Å². The van der Waals surface area contributed by atoms with E-state index in [4.69, 9.17) is 5.84 Å². The Morgan fingerprint density at radius 3 is 2.85 bits per heavy atom. The number of piperidine rings is 1. The number of likely N-dealkylation sites (N-methyl/N-ethyl adjacent to an activating group) is 1. The highest BCUT2D eigenvalue weighted by Gasteiger charge is 2.19. The molecule has 1 fully saturated rings. The number of rotatable bonds is 6. The SMILES string of the molecule is CCCc1c(NN)ncnc1NCC1CCCCN1C. The van der Waals surface area contributed by atoms with Crippen LogP contribution in [-0.4, -0.2) is 41.0 Å². The molecule has 1 saturated heterocycles. The van der Waals surface area contributed by atoms with Crippen molar-refractivity contribution in [3.05, 3.63) is 11.9 Å². The van der Waals surface area contributed by atoms with E-state index in [1.165, 1.54) is 25.8 Å². The summed E-state index contributed by atoms with van der Waals surface area (Å²) in [7, 11) is 2.20. The second kappa shape index (κ2) is 7.40. The Balaban J connectivity index is 2.04. The predicted octanol–water partition coefficient (Wildman–Crippen LogP) is 1.61. The number of likely N-dealkylation sites (tertiary alicyclic amines) is 1. The van der Waals surface area contributed by atoms with Crippen LogP contribution in [0.4, 0.5) is 11.6 Å². The molecule has 112 valence electrons. The zero-order valence-corrected chi connectivity index (χ0v) is 12.5. The number of nitrogens with two attached hydrogens (primary N) is 1. The fraction of sp³-hybridized carbons (Fsp3) is 0.714. The minimum absolute atomic E-state index is 0.586. The maximum atomic E-state index is 5.53. The number of hydrogen-bond acceptors (Lipinski definition) is 6. The van der Waals surface area contributed by atoms with Crippen molar-refractivity contribution < 1.29 is 0 Å². The van der Waals surface area contributed by atoms with Crippen molar-refractivity contribution in [2.45, 2.75) is 45.1 Å². The third-order valence-corrected chi connectivity index (χ3v) is 4.01. The molecule has 20 heavy (non-hydrogen) atoms. The van der Waals surface area contributed by atoms with Crippen molar-refractivity contribution >= 4 is 11.6 Å². The third kappa shape index (κ3) is 3.58. The zero-order valence-electron chi connectivity index (χ0n) is 12.5. The average Bonchev–Trinajstić information content (AvgIpc) is 2.47. The molecular weight excluding hydrogens is 252 g/mol. The molecule has 1 aliphatic rings. The molecule has 2 rings (SSSR count). The van der Waals surface area contributed by atoms with Crippen molar-refractivity contribution in [3.8, 4) is 0 Å². The van der Waals surface area contributed by atoms with Crippen LogP contribution in [0, 0.1) is 0 Å². The lowest BCUT2D eigenvalue weighted by molar-refractivity contribution is 0.194. The highest BCUT2D eigenvalue weighted by molar-refractivity contribution is 5.56. The lowest BCUT2D eigenvalue weighted by Gasteiger charge is -2.32. The maximum Gasteiger partial charge on any atom is 0.148 e. The van der Waals surface area contributed by atoms with Crippen LogP contribution in [0.15, 0.2) is 6.33 Å². The van der Waals surface area contributed by atoms with Gasteiger partial charge in [-0.15, -0.1) is 0 Å². The lowest BCUT2D eigenvalue weighted by Crippen LogP contribution is -2.41. The Bertz CT molecular complexity index is 422. The Labute approximate surface area is 121 Å². The van der Waals surface area contributed by atoms with Crippen molar-refractivity contribution in [3.63, 3.8) is 0 Å². The zero-order chi connectivity index (χ0) is 14.4. The molecule has 0 amide bonds. The minimum Gasteiger partial charge on any atom is -0.368 e. The fourth-order valence-electron chi connectivity index (χ4n) is 2.79. The summed E-state index contributed by atoms with van der Waals surface area (Å²) in [5.41, 5.74) is 3.75. The van der Waals surface area contributed by atoms with Gasteiger partial charge in [0.15, 0.2) is 0 Å². The van der Waals surface area contributed by atoms with Gasteiger partial charge in [-0.25, -0.2) is 15.8 Å². The summed E-state index contributed by atoms with van der Waals surface area (Å²) in [6.07, 6.45) is 7.39. The lowest BCUT2D eigenvalue weighted by atomic mass is 10.0. The molecule has 6 heteroatoms. The largest absolute Gasteiger partial charge is 0.368 e. The average molecular weight is 278 g/mol. The first-order valence-corrected chi connectivity index (χ1v) is 7.50. The fourth-order valence-corrected chi connectivity index (χ4v) is 2.79. The van der Waals surface area contributed by atoms with Crippen molar-refractivity contribution in [1.82, 2.24) is 14.9 Å². The summed E-state index contributed by atoms with van der Waals surface area (Å²) in [6.45, 7) is 4.26. The molecule has 1 unspecified atom stereocenters. The summed E-state index contributed by atoms with van der Waals surface area (Å²) in [5, 5.41) is 3.48. The molecule has 0 spiro atoms. The molecule has 1 aliphatic heterocycles. The van der Waals surface area contributed by atoms with Crippen LogP contribution < -0.4 is 16.6 Å². The number of anilines is 2. The first-order chi connectivity index (χ1) is 9.76. The third-order valence-electron chi connectivity index (χ3n) is 4.01. The van der Waals surface area contributed by atoms with Gasteiger partial charge in [-0.05, 0) is 32.9 Å². The monoisotopic (exact) mass is 278 g/mol.